The predicted octanol–water partition coefficient (Wildman–Crippen LogP) is 3.58. The van der Waals surface area contributed by atoms with Crippen molar-refractivity contribution >= 4 is 5.97 Å². The molecule has 3 heteroatoms. The number of nitrogens with one attached hydrogen (secondary N) is 1. The van der Waals surface area contributed by atoms with Gasteiger partial charge >= 0.3 is 5.97 Å². The number of aliphatic carboxylic acids is 1. The van der Waals surface area contributed by atoms with E-state index in [0.717, 1.165) is 25.2 Å². The van der Waals surface area contributed by atoms with Crippen molar-refractivity contribution in [1.29, 1.82) is 0 Å². The number of hydrogen-bond donors (Lipinski definition) is 2. The van der Waals surface area contributed by atoms with Gasteiger partial charge < -0.3 is 10.4 Å². The second kappa shape index (κ2) is 7.28. The van der Waals surface area contributed by atoms with E-state index < -0.39 is 5.97 Å². The van der Waals surface area contributed by atoms with Gasteiger partial charge in [-0.1, -0.05) is 26.2 Å². The van der Waals surface area contributed by atoms with Crippen LogP contribution in [0.3, 0.4) is 0 Å². The topological polar surface area (TPSA) is 49.3 Å². The lowest BCUT2D eigenvalue weighted by molar-refractivity contribution is -0.143. The molecule has 0 radical (unpaired) electrons. The van der Waals surface area contributed by atoms with Gasteiger partial charge in [-0.15, -0.1) is 0 Å². The van der Waals surface area contributed by atoms with Crippen LogP contribution in [0.2, 0.25) is 0 Å². The molecule has 2 rings (SSSR count). The Kier molecular flexibility index (Phi) is 5.68. The maximum atomic E-state index is 11.1. The lowest BCUT2D eigenvalue weighted by Crippen LogP contribution is -2.43. The van der Waals surface area contributed by atoms with E-state index in [1.54, 1.807) is 0 Å². The van der Waals surface area contributed by atoms with E-state index >= 15 is 0 Å². The maximum absolute atomic E-state index is 11.1. The molecule has 0 aliphatic heterocycles. The zero-order valence-corrected chi connectivity index (χ0v) is 12.2. The third-order valence-electron chi connectivity index (χ3n) is 5.04. The molecule has 2 aliphatic carbocycles. The molecule has 0 amide bonds. The van der Waals surface area contributed by atoms with Crippen LogP contribution in [0, 0.1) is 11.8 Å². The number of hydrogen-bond acceptors (Lipinski definition) is 2. The fraction of sp³-hybridized carbons (Fsp3) is 0.938. The highest BCUT2D eigenvalue weighted by Gasteiger charge is 2.29. The summed E-state index contributed by atoms with van der Waals surface area (Å²) in [7, 11) is 0. The van der Waals surface area contributed by atoms with Crippen molar-refractivity contribution in [1.82, 2.24) is 5.32 Å². The van der Waals surface area contributed by atoms with Crippen molar-refractivity contribution in [2.24, 2.45) is 11.8 Å². The molecular formula is C16H29NO2. The molecule has 0 heterocycles. The van der Waals surface area contributed by atoms with E-state index in [2.05, 4.69) is 12.2 Å². The summed E-state index contributed by atoms with van der Waals surface area (Å²) in [6.45, 7) is 2.28. The molecule has 2 N–H and O–H groups in total. The number of carboxylic acids is 1. The smallest absolute Gasteiger partial charge is 0.306 e. The lowest BCUT2D eigenvalue weighted by Gasteiger charge is -2.35. The largest absolute Gasteiger partial charge is 0.481 e. The van der Waals surface area contributed by atoms with Crippen LogP contribution in [0.5, 0.6) is 0 Å². The van der Waals surface area contributed by atoms with Crippen molar-refractivity contribution in [2.75, 3.05) is 0 Å². The van der Waals surface area contributed by atoms with E-state index in [1.165, 1.54) is 44.9 Å². The van der Waals surface area contributed by atoms with Gasteiger partial charge in [-0.25, -0.2) is 0 Å². The van der Waals surface area contributed by atoms with Crippen molar-refractivity contribution in [3.63, 3.8) is 0 Å². The van der Waals surface area contributed by atoms with Crippen LogP contribution in [0.1, 0.15) is 71.1 Å². The first kappa shape index (κ1) is 14.8. The van der Waals surface area contributed by atoms with Crippen LogP contribution in [0.4, 0.5) is 0 Å². The van der Waals surface area contributed by atoms with Gasteiger partial charge in [-0.3, -0.25) is 4.79 Å². The number of carbonyl (C=O) groups is 1. The fourth-order valence-electron chi connectivity index (χ4n) is 3.92. The zero-order chi connectivity index (χ0) is 13.7. The Morgan fingerprint density at radius 1 is 1.11 bits per heavy atom. The quantitative estimate of drug-likeness (QED) is 0.800. The molecule has 2 saturated carbocycles. The molecule has 19 heavy (non-hydrogen) atoms. The summed E-state index contributed by atoms with van der Waals surface area (Å²) in [5.41, 5.74) is 0. The van der Waals surface area contributed by atoms with Gasteiger partial charge in [0.05, 0.1) is 5.92 Å². The van der Waals surface area contributed by atoms with Crippen molar-refractivity contribution in [3.8, 4) is 0 Å². The summed E-state index contributed by atoms with van der Waals surface area (Å²) < 4.78 is 0. The molecule has 2 atom stereocenters. The van der Waals surface area contributed by atoms with Gasteiger partial charge in [0.1, 0.15) is 0 Å². The zero-order valence-electron chi connectivity index (χ0n) is 12.2. The second-order valence-electron chi connectivity index (χ2n) is 6.57. The summed E-state index contributed by atoms with van der Waals surface area (Å²) in [4.78, 5) is 11.1. The van der Waals surface area contributed by atoms with Crippen LogP contribution in [-0.2, 0) is 4.79 Å². The maximum Gasteiger partial charge on any atom is 0.306 e. The molecule has 0 aromatic carbocycles. The molecule has 110 valence electrons. The van der Waals surface area contributed by atoms with Crippen molar-refractivity contribution in [3.05, 3.63) is 0 Å². The summed E-state index contributed by atoms with van der Waals surface area (Å²) in [6.07, 6.45) is 11.9. The van der Waals surface area contributed by atoms with Gasteiger partial charge in [0, 0.05) is 12.1 Å². The second-order valence-corrected chi connectivity index (χ2v) is 6.57. The highest BCUT2D eigenvalue weighted by molar-refractivity contribution is 5.70. The molecular weight excluding hydrogens is 238 g/mol. The van der Waals surface area contributed by atoms with E-state index in [-0.39, 0.29) is 5.92 Å². The van der Waals surface area contributed by atoms with Crippen molar-refractivity contribution in [2.45, 2.75) is 83.2 Å². The molecule has 2 fully saturated rings. The lowest BCUT2D eigenvalue weighted by atomic mass is 9.81. The number of rotatable bonds is 5. The molecule has 0 aromatic rings. The Hall–Kier alpha value is -0.570. The Morgan fingerprint density at radius 3 is 2.47 bits per heavy atom. The molecule has 0 aromatic heterocycles. The highest BCUT2D eigenvalue weighted by atomic mass is 16.4. The minimum Gasteiger partial charge on any atom is -0.481 e. The predicted molar refractivity (Wildman–Crippen MR) is 77.2 cm³/mol. The van der Waals surface area contributed by atoms with Gasteiger partial charge in [-0.2, -0.15) is 0 Å². The number of carboxylic acid groups (broad SMARTS) is 1. The molecule has 0 bridgehead atoms. The van der Waals surface area contributed by atoms with Gasteiger partial charge in [0.15, 0.2) is 0 Å². The average molecular weight is 267 g/mol. The van der Waals surface area contributed by atoms with E-state index in [9.17, 15) is 4.79 Å². The van der Waals surface area contributed by atoms with E-state index in [4.69, 9.17) is 5.11 Å². The summed E-state index contributed by atoms with van der Waals surface area (Å²) in [6, 6.07) is 1.09. The van der Waals surface area contributed by atoms with Gasteiger partial charge in [-0.05, 0) is 50.9 Å². The SMILES string of the molecule is CCCC1CCC(NC2CCCC(C(=O)O)C2)CC1. The Bertz CT molecular complexity index is 284. The third-order valence-corrected chi connectivity index (χ3v) is 5.04. The van der Waals surface area contributed by atoms with Gasteiger partial charge in [0.25, 0.3) is 0 Å². The molecule has 2 aliphatic rings. The highest BCUT2D eigenvalue weighted by Crippen LogP contribution is 2.30. The summed E-state index contributed by atoms with van der Waals surface area (Å²) in [5.74, 6) is 0.238. The summed E-state index contributed by atoms with van der Waals surface area (Å²) >= 11 is 0. The summed E-state index contributed by atoms with van der Waals surface area (Å²) in [5, 5.41) is 12.9. The van der Waals surface area contributed by atoms with Crippen LogP contribution in [0.15, 0.2) is 0 Å². The minimum absolute atomic E-state index is 0.109. The first-order valence-corrected chi connectivity index (χ1v) is 8.18. The average Bonchev–Trinajstić information content (AvgIpc) is 2.42. The Morgan fingerprint density at radius 2 is 1.84 bits per heavy atom. The van der Waals surface area contributed by atoms with Crippen LogP contribution < -0.4 is 5.32 Å². The van der Waals surface area contributed by atoms with Crippen LogP contribution >= 0.6 is 0 Å². The Labute approximate surface area is 117 Å². The fourth-order valence-corrected chi connectivity index (χ4v) is 3.92. The standard InChI is InChI=1S/C16H29NO2/c1-2-4-12-7-9-14(10-8-12)17-15-6-3-5-13(11-15)16(18)19/h12-15,17H,2-11H2,1H3,(H,18,19). The first-order valence-electron chi connectivity index (χ1n) is 8.18. The van der Waals surface area contributed by atoms with E-state index in [1.807, 2.05) is 0 Å². The third kappa shape index (κ3) is 4.48. The molecule has 3 nitrogen and oxygen atoms in total. The van der Waals surface area contributed by atoms with Gasteiger partial charge in [0.2, 0.25) is 0 Å². The van der Waals surface area contributed by atoms with Crippen LogP contribution in [-0.4, -0.2) is 23.2 Å². The Balaban J connectivity index is 1.71. The van der Waals surface area contributed by atoms with Crippen molar-refractivity contribution < 1.29 is 9.90 Å². The molecule has 0 saturated heterocycles. The van der Waals surface area contributed by atoms with E-state index in [0.29, 0.717) is 12.1 Å². The van der Waals surface area contributed by atoms with Crippen LogP contribution in [0.25, 0.3) is 0 Å². The molecule has 2 unspecified atom stereocenters. The molecule has 0 spiro atoms. The normalized spacial score (nSPS) is 36.1. The first-order chi connectivity index (χ1) is 9.19. The minimum atomic E-state index is -0.599. The monoisotopic (exact) mass is 267 g/mol.